The summed E-state index contributed by atoms with van der Waals surface area (Å²) in [7, 11) is 0. The molecule has 0 unspecified atom stereocenters. The van der Waals surface area contributed by atoms with Gasteiger partial charge in [-0.25, -0.2) is 0 Å². The van der Waals surface area contributed by atoms with E-state index in [1.165, 1.54) is 28.0 Å². The highest BCUT2D eigenvalue weighted by atomic mass is 14.9. The van der Waals surface area contributed by atoms with E-state index in [-0.39, 0.29) is 5.41 Å². The van der Waals surface area contributed by atoms with Gasteiger partial charge in [0.2, 0.25) is 0 Å². The van der Waals surface area contributed by atoms with E-state index in [0.717, 1.165) is 31.4 Å². The highest BCUT2D eigenvalue weighted by Gasteiger charge is 2.19. The average molecular weight is 332 g/mol. The van der Waals surface area contributed by atoms with Crippen molar-refractivity contribution in [1.82, 2.24) is 5.32 Å². The first kappa shape index (κ1) is 17.5. The number of hydrogen-bond donors (Lipinski definition) is 1. The van der Waals surface area contributed by atoms with Crippen molar-refractivity contribution >= 4 is 5.57 Å². The maximum absolute atomic E-state index is 4.27. The molecule has 1 aromatic carbocycles. The van der Waals surface area contributed by atoms with Gasteiger partial charge >= 0.3 is 0 Å². The van der Waals surface area contributed by atoms with Crippen LogP contribution in [0.25, 0.3) is 5.57 Å². The topological polar surface area (TPSA) is 12.0 Å². The van der Waals surface area contributed by atoms with Gasteiger partial charge in [0.25, 0.3) is 0 Å². The molecule has 1 nitrogen and oxygen atoms in total. The molecule has 0 aliphatic heterocycles. The fourth-order valence-corrected chi connectivity index (χ4v) is 3.42. The molecule has 0 saturated carbocycles. The number of hydrogen-bond acceptors (Lipinski definition) is 1. The van der Waals surface area contributed by atoms with Crippen molar-refractivity contribution in [2.24, 2.45) is 5.41 Å². The van der Waals surface area contributed by atoms with E-state index in [1.54, 1.807) is 0 Å². The van der Waals surface area contributed by atoms with Crippen molar-refractivity contribution in [3.05, 3.63) is 89.3 Å². The number of rotatable bonds is 4. The van der Waals surface area contributed by atoms with Crippen LogP contribution in [0.15, 0.2) is 83.8 Å². The van der Waals surface area contributed by atoms with E-state index in [0.29, 0.717) is 0 Å². The van der Waals surface area contributed by atoms with Crippen molar-refractivity contribution in [1.29, 1.82) is 0 Å². The summed E-state index contributed by atoms with van der Waals surface area (Å²) < 4.78 is 0. The van der Waals surface area contributed by atoms with Crippen LogP contribution in [-0.4, -0.2) is 0 Å². The van der Waals surface area contributed by atoms with Gasteiger partial charge in [-0.3, -0.25) is 0 Å². The van der Waals surface area contributed by atoms with Crippen LogP contribution in [0.1, 0.15) is 52.0 Å². The second-order valence-electron chi connectivity index (χ2n) is 7.99. The zero-order chi connectivity index (χ0) is 17.9. The normalized spacial score (nSPS) is 17.9. The third-order valence-corrected chi connectivity index (χ3v) is 5.11. The Morgan fingerprint density at radius 2 is 1.64 bits per heavy atom. The summed E-state index contributed by atoms with van der Waals surface area (Å²) in [6.45, 7) is 11.1. The molecule has 0 aromatic heterocycles. The maximum Gasteiger partial charge on any atom is 0.0341 e. The van der Waals surface area contributed by atoms with Gasteiger partial charge < -0.3 is 5.32 Å². The average Bonchev–Trinajstić information content (AvgIpc) is 2.62. The van der Waals surface area contributed by atoms with Gasteiger partial charge in [0.1, 0.15) is 0 Å². The molecule has 0 heterocycles. The molecule has 25 heavy (non-hydrogen) atoms. The predicted molar refractivity (Wildman–Crippen MR) is 109 cm³/mol. The molecule has 2 aliphatic carbocycles. The lowest BCUT2D eigenvalue weighted by atomic mass is 9.81. The fraction of sp³-hybridized carbons (Fsp3) is 0.333. The molecular formula is C24H29N. The standard InChI is InChI=1S/C24H29N/c1-18(25-23-16-14-22(15-17-23)24(2,3)4)19-10-12-21(13-11-19)20-8-6-5-7-9-20/h5-10,12,14,16,25H,1,11,13,15,17H2,2-4H3. The Hall–Kier alpha value is -2.28. The molecule has 1 N–H and O–H groups in total. The third kappa shape index (κ3) is 4.42. The van der Waals surface area contributed by atoms with Crippen molar-refractivity contribution < 1.29 is 0 Å². The van der Waals surface area contributed by atoms with Crippen LogP contribution in [0, 0.1) is 5.41 Å². The SMILES string of the molecule is C=C(NC1=CC=C(C(C)(C)C)CC1)C1=CC=C(c2ccccc2)CC1. The molecule has 0 bridgehead atoms. The molecule has 1 heteroatoms. The lowest BCUT2D eigenvalue weighted by molar-refractivity contribution is 0.477. The molecule has 0 spiro atoms. The summed E-state index contributed by atoms with van der Waals surface area (Å²) in [6.07, 6.45) is 13.3. The summed E-state index contributed by atoms with van der Waals surface area (Å²) in [4.78, 5) is 0. The Kier molecular flexibility index (Phi) is 5.13. The van der Waals surface area contributed by atoms with Gasteiger partial charge in [-0.2, -0.15) is 0 Å². The summed E-state index contributed by atoms with van der Waals surface area (Å²) in [5.41, 5.74) is 8.16. The van der Waals surface area contributed by atoms with Crippen LogP contribution in [0.4, 0.5) is 0 Å². The van der Waals surface area contributed by atoms with Gasteiger partial charge in [-0.15, -0.1) is 0 Å². The van der Waals surface area contributed by atoms with E-state index >= 15 is 0 Å². The van der Waals surface area contributed by atoms with Gasteiger partial charge in [-0.05, 0) is 53.9 Å². The summed E-state index contributed by atoms with van der Waals surface area (Å²) in [5, 5.41) is 3.54. The van der Waals surface area contributed by atoms with Crippen molar-refractivity contribution in [3.63, 3.8) is 0 Å². The molecule has 1 aromatic rings. The first-order valence-corrected chi connectivity index (χ1v) is 9.25. The van der Waals surface area contributed by atoms with Crippen molar-refractivity contribution in [2.45, 2.75) is 46.5 Å². The van der Waals surface area contributed by atoms with E-state index in [9.17, 15) is 0 Å². The molecular weight excluding hydrogens is 302 g/mol. The molecule has 130 valence electrons. The first-order valence-electron chi connectivity index (χ1n) is 9.25. The smallest absolute Gasteiger partial charge is 0.0341 e. The lowest BCUT2D eigenvalue weighted by Crippen LogP contribution is -2.18. The maximum atomic E-state index is 4.27. The van der Waals surface area contributed by atoms with Crippen LogP contribution in [0.2, 0.25) is 0 Å². The molecule has 2 aliphatic rings. The van der Waals surface area contributed by atoms with Crippen molar-refractivity contribution in [2.75, 3.05) is 0 Å². The molecule has 0 fully saturated rings. The Morgan fingerprint density at radius 3 is 2.20 bits per heavy atom. The minimum atomic E-state index is 0.267. The first-order chi connectivity index (χ1) is 11.9. The quantitative estimate of drug-likeness (QED) is 0.660. The third-order valence-electron chi connectivity index (χ3n) is 5.11. The highest BCUT2D eigenvalue weighted by molar-refractivity contribution is 5.69. The summed E-state index contributed by atoms with van der Waals surface area (Å²) >= 11 is 0. The predicted octanol–water partition coefficient (Wildman–Crippen LogP) is 6.54. The van der Waals surface area contributed by atoms with Crippen LogP contribution < -0.4 is 5.32 Å². The Morgan fingerprint density at radius 1 is 0.880 bits per heavy atom. The van der Waals surface area contributed by atoms with E-state index < -0.39 is 0 Å². The second kappa shape index (κ2) is 7.31. The van der Waals surface area contributed by atoms with Crippen molar-refractivity contribution in [3.8, 4) is 0 Å². The fourth-order valence-electron chi connectivity index (χ4n) is 3.42. The van der Waals surface area contributed by atoms with Crippen LogP contribution in [-0.2, 0) is 0 Å². The number of benzene rings is 1. The van der Waals surface area contributed by atoms with Gasteiger partial charge in [-0.1, -0.05) is 81.5 Å². The highest BCUT2D eigenvalue weighted by Crippen LogP contribution is 2.33. The lowest BCUT2D eigenvalue weighted by Gasteiger charge is -2.27. The Bertz CT molecular complexity index is 764. The molecule has 0 atom stereocenters. The second-order valence-corrected chi connectivity index (χ2v) is 7.99. The largest absolute Gasteiger partial charge is 0.359 e. The van der Waals surface area contributed by atoms with Crippen LogP contribution in [0.5, 0.6) is 0 Å². The molecule has 0 saturated heterocycles. The minimum absolute atomic E-state index is 0.267. The number of nitrogens with one attached hydrogen (secondary N) is 1. The van der Waals surface area contributed by atoms with Gasteiger partial charge in [0, 0.05) is 11.4 Å². The van der Waals surface area contributed by atoms with Crippen LogP contribution >= 0.6 is 0 Å². The Balaban J connectivity index is 1.65. The number of allylic oxidation sites excluding steroid dienone is 8. The Labute approximate surface area is 152 Å². The van der Waals surface area contributed by atoms with Gasteiger partial charge in [0.15, 0.2) is 0 Å². The minimum Gasteiger partial charge on any atom is -0.359 e. The van der Waals surface area contributed by atoms with E-state index in [1.807, 2.05) is 0 Å². The summed E-state index contributed by atoms with van der Waals surface area (Å²) in [5.74, 6) is 0. The monoisotopic (exact) mass is 331 g/mol. The molecule has 0 amide bonds. The summed E-state index contributed by atoms with van der Waals surface area (Å²) in [6, 6.07) is 10.6. The zero-order valence-electron chi connectivity index (χ0n) is 15.7. The van der Waals surface area contributed by atoms with Crippen LogP contribution in [0.3, 0.4) is 0 Å². The molecule has 0 radical (unpaired) electrons. The molecule has 3 rings (SSSR count). The van der Waals surface area contributed by atoms with E-state index in [2.05, 4.69) is 87.3 Å². The van der Waals surface area contributed by atoms with Gasteiger partial charge in [0.05, 0.1) is 0 Å². The zero-order valence-corrected chi connectivity index (χ0v) is 15.7. The van der Waals surface area contributed by atoms with E-state index in [4.69, 9.17) is 0 Å².